The number of aliphatic carboxylic acids is 1. The monoisotopic (exact) mass is 1250 g/mol. The van der Waals surface area contributed by atoms with Gasteiger partial charge in [0.15, 0.2) is 6.10 Å². The number of hydrogen-bond donors (Lipinski definition) is 11. The molecule has 0 bridgehead atoms. The quantitative estimate of drug-likeness (QED) is 0.0427. The van der Waals surface area contributed by atoms with Crippen molar-refractivity contribution in [1.82, 2.24) is 36.0 Å². The molecule has 0 radical (unpaired) electrons. The van der Waals surface area contributed by atoms with Crippen molar-refractivity contribution in [2.45, 2.75) is 167 Å². The number of ether oxygens (including phenoxy) is 5. The second-order valence-electron chi connectivity index (χ2n) is 22.9. The number of carbonyl (C=O) groups excluding carboxylic acids is 8. The van der Waals surface area contributed by atoms with E-state index in [1.54, 1.807) is 77.8 Å². The molecule has 0 spiro atoms. The fourth-order valence-electron chi connectivity index (χ4n) is 10.8. The van der Waals surface area contributed by atoms with Crippen LogP contribution in [0.1, 0.15) is 98.3 Å². The van der Waals surface area contributed by atoms with Crippen LogP contribution in [0, 0.1) is 23.7 Å². The number of carboxylic acid groups (broad SMARTS) is 1. The van der Waals surface area contributed by atoms with Crippen LogP contribution in [0.3, 0.4) is 0 Å². The van der Waals surface area contributed by atoms with E-state index in [2.05, 4.69) is 31.4 Å². The Morgan fingerprint density at radius 3 is 2.03 bits per heavy atom. The van der Waals surface area contributed by atoms with Crippen LogP contribution < -0.4 is 37.2 Å². The third-order valence-electron chi connectivity index (χ3n) is 15.9. The molecule has 8 amide bonds. The minimum Gasteiger partial charge on any atom is -0.479 e. The number of aliphatic hydroxyl groups is 4. The molecule has 2 aromatic rings. The minimum absolute atomic E-state index is 0.0350. The van der Waals surface area contributed by atoms with E-state index >= 15 is 0 Å². The summed E-state index contributed by atoms with van der Waals surface area (Å²) >= 11 is 0. The highest BCUT2D eigenvalue weighted by Crippen LogP contribution is 2.32. The number of aliphatic hydroxyl groups excluding tert-OH is 4. The maximum absolute atomic E-state index is 14.9. The van der Waals surface area contributed by atoms with Crippen LogP contribution in [-0.2, 0) is 68.7 Å². The third-order valence-corrected chi connectivity index (χ3v) is 15.9. The van der Waals surface area contributed by atoms with Gasteiger partial charge in [0.2, 0.25) is 47.6 Å². The van der Waals surface area contributed by atoms with Gasteiger partial charge in [-0.3, -0.25) is 43.3 Å². The summed E-state index contributed by atoms with van der Waals surface area (Å²) in [6.45, 7) is 12.2. The Labute approximate surface area is 512 Å². The Hall–Kier alpha value is -7.09. The highest BCUT2D eigenvalue weighted by atomic mass is 16.7. The van der Waals surface area contributed by atoms with E-state index in [1.165, 1.54) is 44.4 Å². The molecule has 2 aliphatic rings. The summed E-state index contributed by atoms with van der Waals surface area (Å²) in [6.07, 6.45) is -12.0. The summed E-state index contributed by atoms with van der Waals surface area (Å²) in [7, 11) is 5.82. The van der Waals surface area contributed by atoms with E-state index in [0.717, 1.165) is 4.90 Å². The van der Waals surface area contributed by atoms with Gasteiger partial charge in [0.1, 0.15) is 49.4 Å². The molecule has 15 atom stereocenters. The van der Waals surface area contributed by atoms with Crippen molar-refractivity contribution in [2.75, 3.05) is 59.9 Å². The SMILES string of the molecule is CC[C@H](C)[C@@H]([C@@H](CC(=O)N1CCC[C@H]1[C@H](OC)[C@@H](C)C(=O)N[C@H](C)[C@@H](O)c1ccccc1)OC)N(C)C(=O)[C@@H](NC(=O)[C@H](C(C)C)N(C)C(=O)OCc1cc(NC(=O)CNC(=O)CNC(=O)CON)ccc1O[C@@H]1OC(C(=O)O)[C@@H](O)C(O)C1O)C(C)C. The van der Waals surface area contributed by atoms with E-state index in [-0.39, 0.29) is 41.2 Å². The first-order valence-electron chi connectivity index (χ1n) is 29.3. The van der Waals surface area contributed by atoms with Crippen molar-refractivity contribution in [1.29, 1.82) is 0 Å². The van der Waals surface area contributed by atoms with Crippen molar-refractivity contribution >= 4 is 59.1 Å². The Balaban J connectivity index is 1.51. The molecule has 492 valence electrons. The molecule has 0 aliphatic carbocycles. The van der Waals surface area contributed by atoms with Gasteiger partial charge < -0.3 is 85.6 Å². The van der Waals surface area contributed by atoms with Crippen molar-refractivity contribution in [3.8, 4) is 5.75 Å². The van der Waals surface area contributed by atoms with Crippen molar-refractivity contribution in [2.24, 2.45) is 29.6 Å². The molecule has 2 heterocycles. The Kier molecular flexibility index (Phi) is 28.9. The number of likely N-dealkylation sites (tertiary alicyclic amines) is 1. The highest BCUT2D eigenvalue weighted by molar-refractivity contribution is 5.95. The molecule has 2 fully saturated rings. The number of nitrogens with one attached hydrogen (secondary N) is 5. The Morgan fingerprint density at radius 2 is 1.44 bits per heavy atom. The van der Waals surface area contributed by atoms with Gasteiger partial charge in [-0.15, -0.1) is 0 Å². The smallest absolute Gasteiger partial charge is 0.410 e. The van der Waals surface area contributed by atoms with E-state index in [9.17, 15) is 68.7 Å². The number of carboxylic acids is 1. The number of nitrogens with zero attached hydrogens (tertiary/aromatic N) is 3. The normalized spacial score (nSPS) is 21.5. The van der Waals surface area contributed by atoms with E-state index in [4.69, 9.17) is 29.6 Å². The molecule has 3 unspecified atom stereocenters. The lowest BCUT2D eigenvalue weighted by molar-refractivity contribution is -0.271. The molecular weight excluding hydrogens is 1150 g/mol. The first-order valence-corrected chi connectivity index (χ1v) is 29.3. The van der Waals surface area contributed by atoms with Gasteiger partial charge >= 0.3 is 12.1 Å². The summed E-state index contributed by atoms with van der Waals surface area (Å²) < 4.78 is 28.8. The average Bonchev–Trinajstić information content (AvgIpc) is 4.14. The number of benzene rings is 2. The molecule has 88 heavy (non-hydrogen) atoms. The minimum atomic E-state index is -2.05. The Morgan fingerprint density at radius 1 is 0.795 bits per heavy atom. The third kappa shape index (κ3) is 19.7. The molecular formula is C59H91N9O20. The summed E-state index contributed by atoms with van der Waals surface area (Å²) in [4.78, 5) is 129. The van der Waals surface area contributed by atoms with Crippen molar-refractivity contribution in [3.05, 3.63) is 59.7 Å². The van der Waals surface area contributed by atoms with Crippen LogP contribution in [0.5, 0.6) is 5.75 Å². The molecule has 2 aromatic carbocycles. The average molecular weight is 1250 g/mol. The number of hydrogen-bond acceptors (Lipinski definition) is 20. The van der Waals surface area contributed by atoms with Crippen molar-refractivity contribution in [3.63, 3.8) is 0 Å². The number of nitrogens with two attached hydrogens (primary N) is 1. The van der Waals surface area contributed by atoms with Gasteiger partial charge in [-0.1, -0.05) is 85.2 Å². The van der Waals surface area contributed by atoms with Gasteiger partial charge in [0.25, 0.3) is 0 Å². The molecule has 2 aliphatic heterocycles. The van der Waals surface area contributed by atoms with Crippen LogP contribution in [0.4, 0.5) is 10.5 Å². The lowest BCUT2D eigenvalue weighted by Gasteiger charge is -2.41. The molecule has 2 saturated heterocycles. The zero-order valence-electron chi connectivity index (χ0n) is 52.1. The van der Waals surface area contributed by atoms with Gasteiger partial charge in [-0.05, 0) is 61.3 Å². The molecule has 4 rings (SSSR count). The summed E-state index contributed by atoms with van der Waals surface area (Å²) in [5.41, 5.74) is 0.630. The zero-order valence-corrected chi connectivity index (χ0v) is 52.1. The number of rotatable bonds is 32. The van der Waals surface area contributed by atoms with Crippen LogP contribution >= 0.6 is 0 Å². The maximum Gasteiger partial charge on any atom is 0.410 e. The molecule has 29 heteroatoms. The second kappa shape index (κ2) is 34.6. The zero-order chi connectivity index (χ0) is 65.9. The predicted molar refractivity (Wildman–Crippen MR) is 315 cm³/mol. The number of methoxy groups -OCH3 is 2. The molecule has 12 N–H and O–H groups in total. The van der Waals surface area contributed by atoms with Crippen LogP contribution in [0.15, 0.2) is 48.5 Å². The molecule has 0 aromatic heterocycles. The predicted octanol–water partition coefficient (Wildman–Crippen LogP) is -0.0888. The van der Waals surface area contributed by atoms with Crippen LogP contribution in [0.2, 0.25) is 0 Å². The van der Waals surface area contributed by atoms with Gasteiger partial charge in [0.05, 0.1) is 61.9 Å². The standard InChI is InChI=1S/C59H91N9O20/c1-13-32(6)47(40(83-11)25-44(72)68-23-17-20-38(68)52(84-12)33(7)54(77)63-34(8)48(73)35-18-15-14-16-19-35)66(9)56(79)45(30(2)3)65-55(78)46(31(4)5)67(10)59(82)85-28-36-24-37(64-42(70)27-61-41(69)26-62-43(71)29-86-60)21-22-39(36)87-58-51(76)49(74)50(75)53(88-58)57(80)81/h14-16,18-19,21-22,24,30-34,38,40,45-53,58,73-76H,13,17,20,23,25-29,60H2,1-12H3,(H,61,69)(H,62,71)(H,63,77)(H,64,70)(H,65,78)(H,80,81)/t32-,33+,34+,38-,40+,45-,46-,47-,48+,49?,50-,51?,52+,53?,58+/m0/s1. The first kappa shape index (κ1) is 73.4. The topological polar surface area (TPSA) is 406 Å². The van der Waals surface area contributed by atoms with Crippen LogP contribution in [0.25, 0.3) is 0 Å². The fourth-order valence-corrected chi connectivity index (χ4v) is 10.8. The van der Waals surface area contributed by atoms with E-state index < -0.39 is 165 Å². The van der Waals surface area contributed by atoms with Gasteiger partial charge in [0, 0.05) is 46.1 Å². The fraction of sp³-hybridized carbons (Fsp3) is 0.644. The highest BCUT2D eigenvalue weighted by Gasteiger charge is 2.49. The Bertz CT molecular complexity index is 2670. The summed E-state index contributed by atoms with van der Waals surface area (Å²) in [5.74, 6) is -3.19. The maximum atomic E-state index is 14.9. The van der Waals surface area contributed by atoms with Gasteiger partial charge in [-0.25, -0.2) is 15.5 Å². The van der Waals surface area contributed by atoms with E-state index in [1.807, 2.05) is 19.9 Å². The number of anilines is 1. The van der Waals surface area contributed by atoms with Gasteiger partial charge in [-0.2, -0.15) is 0 Å². The van der Waals surface area contributed by atoms with E-state index in [0.29, 0.717) is 31.4 Å². The lowest BCUT2D eigenvalue weighted by Crippen LogP contribution is -2.61. The molecule has 0 saturated carbocycles. The van der Waals surface area contributed by atoms with Crippen LogP contribution in [-0.4, -0.2) is 221 Å². The lowest BCUT2D eigenvalue weighted by atomic mass is 9.89. The molecule has 29 nitrogen and oxygen atoms in total. The summed E-state index contributed by atoms with van der Waals surface area (Å²) in [5, 5.41) is 64.9. The number of likely N-dealkylation sites (N-methyl/N-ethyl adjacent to an activating group) is 2. The number of amides is 8. The first-order chi connectivity index (χ1) is 41.5. The van der Waals surface area contributed by atoms with Crippen molar-refractivity contribution < 1.29 is 97.2 Å². The number of carbonyl (C=O) groups is 9. The summed E-state index contributed by atoms with van der Waals surface area (Å²) in [6, 6.07) is 8.50. The largest absolute Gasteiger partial charge is 0.479 e. The second-order valence-corrected chi connectivity index (χ2v) is 22.9.